The van der Waals surface area contributed by atoms with Gasteiger partial charge in [-0.3, -0.25) is 0 Å². The Labute approximate surface area is 293 Å². The third-order valence-corrected chi connectivity index (χ3v) is 10.4. The van der Waals surface area contributed by atoms with Crippen molar-refractivity contribution in [1.29, 1.82) is 0 Å². The summed E-state index contributed by atoms with van der Waals surface area (Å²) in [7, 11) is 2.10. The molecule has 2 fully saturated rings. The number of unbranched alkanes of at least 4 members (excludes halogenated alkanes) is 18. The van der Waals surface area contributed by atoms with E-state index in [2.05, 4.69) is 74.8 Å². The van der Waals surface area contributed by atoms with Gasteiger partial charge in [-0.05, 0) is 103 Å². The van der Waals surface area contributed by atoms with Crippen LogP contribution < -0.4 is 5.32 Å². The van der Waals surface area contributed by atoms with Crippen LogP contribution in [0.25, 0.3) is 0 Å². The molecular formula is C44H79NO2. The van der Waals surface area contributed by atoms with Gasteiger partial charge in [-0.25, -0.2) is 0 Å². The van der Waals surface area contributed by atoms with Gasteiger partial charge in [-0.15, -0.1) is 0 Å². The number of hydrogen-bond acceptors (Lipinski definition) is 3. The van der Waals surface area contributed by atoms with Gasteiger partial charge in [-0.2, -0.15) is 0 Å². The van der Waals surface area contributed by atoms with Crippen LogP contribution in [0.2, 0.25) is 0 Å². The Kier molecular flexibility index (Phi) is 26.6. The van der Waals surface area contributed by atoms with Crippen LogP contribution in [0.3, 0.4) is 0 Å². The monoisotopic (exact) mass is 654 g/mol. The van der Waals surface area contributed by atoms with E-state index >= 15 is 0 Å². The predicted molar refractivity (Wildman–Crippen MR) is 207 cm³/mol. The Balaban J connectivity index is 1.56. The highest BCUT2D eigenvalue weighted by Crippen LogP contribution is 2.42. The zero-order valence-electron chi connectivity index (χ0n) is 31.7. The van der Waals surface area contributed by atoms with Crippen molar-refractivity contribution in [2.75, 3.05) is 7.05 Å². The van der Waals surface area contributed by atoms with E-state index in [1.165, 1.54) is 148 Å². The Morgan fingerprint density at radius 3 is 1.34 bits per heavy atom. The molecule has 0 bridgehead atoms. The molecule has 0 aromatic rings. The third kappa shape index (κ3) is 21.5. The summed E-state index contributed by atoms with van der Waals surface area (Å²) in [4.78, 5) is 0. The van der Waals surface area contributed by atoms with Crippen LogP contribution in [0.1, 0.15) is 200 Å². The fraction of sp³-hybridized carbons (Fsp3) is 0.818. The highest BCUT2D eigenvalue weighted by molar-refractivity contribution is 4.94. The number of allylic oxidation sites excluding steroid dienone is 8. The van der Waals surface area contributed by atoms with Crippen molar-refractivity contribution in [3.05, 3.63) is 48.6 Å². The maximum atomic E-state index is 6.85. The maximum Gasteiger partial charge on any atom is 0.169 e. The highest BCUT2D eigenvalue weighted by atomic mass is 16.8. The van der Waals surface area contributed by atoms with E-state index in [0.29, 0.717) is 12.1 Å². The van der Waals surface area contributed by atoms with Crippen molar-refractivity contribution < 1.29 is 9.47 Å². The number of ether oxygens (including phenoxy) is 2. The summed E-state index contributed by atoms with van der Waals surface area (Å²) in [5, 5.41) is 3.50. The molecule has 1 heterocycles. The topological polar surface area (TPSA) is 30.5 Å². The lowest BCUT2D eigenvalue weighted by molar-refractivity contribution is -0.186. The molecule has 2 rings (SSSR count). The average molecular weight is 654 g/mol. The van der Waals surface area contributed by atoms with Gasteiger partial charge in [0.15, 0.2) is 5.79 Å². The molecule has 1 aliphatic heterocycles. The first kappa shape index (κ1) is 42.0. The zero-order valence-corrected chi connectivity index (χ0v) is 31.7. The molecule has 2 aliphatic rings. The Morgan fingerprint density at radius 2 is 0.894 bits per heavy atom. The molecule has 1 saturated heterocycles. The van der Waals surface area contributed by atoms with Crippen LogP contribution in [-0.4, -0.2) is 31.1 Å². The first-order valence-electron chi connectivity index (χ1n) is 20.9. The van der Waals surface area contributed by atoms with Crippen molar-refractivity contribution >= 4 is 0 Å². The van der Waals surface area contributed by atoms with Gasteiger partial charge < -0.3 is 14.8 Å². The molecule has 47 heavy (non-hydrogen) atoms. The normalized spacial score (nSPS) is 23.3. The molecule has 3 atom stereocenters. The summed E-state index contributed by atoms with van der Waals surface area (Å²) < 4.78 is 13.7. The molecule has 1 N–H and O–H groups in total. The SMILES string of the molecule is CCCCCC=CCC=CCCCCCCCCC1(CCCCCCCCC=CCC=CCCCCC)OC2CCC(NC)CC2O1. The molecule has 0 aromatic heterocycles. The van der Waals surface area contributed by atoms with Crippen LogP contribution in [0.4, 0.5) is 0 Å². The van der Waals surface area contributed by atoms with Crippen LogP contribution in [0.5, 0.6) is 0 Å². The van der Waals surface area contributed by atoms with E-state index in [9.17, 15) is 0 Å². The van der Waals surface area contributed by atoms with Gasteiger partial charge in [0.2, 0.25) is 0 Å². The van der Waals surface area contributed by atoms with Crippen molar-refractivity contribution in [3.8, 4) is 0 Å². The minimum absolute atomic E-state index is 0.287. The van der Waals surface area contributed by atoms with Crippen molar-refractivity contribution in [3.63, 3.8) is 0 Å². The van der Waals surface area contributed by atoms with Crippen LogP contribution in [0, 0.1) is 0 Å². The predicted octanol–water partition coefficient (Wildman–Crippen LogP) is 13.6. The van der Waals surface area contributed by atoms with Crippen LogP contribution >= 0.6 is 0 Å². The molecule has 0 spiro atoms. The van der Waals surface area contributed by atoms with Crippen molar-refractivity contribution in [1.82, 2.24) is 5.32 Å². The van der Waals surface area contributed by atoms with E-state index in [1.54, 1.807) is 0 Å². The molecule has 1 aliphatic carbocycles. The lowest BCUT2D eigenvalue weighted by Gasteiger charge is -2.29. The van der Waals surface area contributed by atoms with E-state index < -0.39 is 0 Å². The summed E-state index contributed by atoms with van der Waals surface area (Å²) in [6.45, 7) is 4.54. The number of nitrogens with one attached hydrogen (secondary N) is 1. The average Bonchev–Trinajstić information content (AvgIpc) is 3.45. The Morgan fingerprint density at radius 1 is 0.489 bits per heavy atom. The second-order valence-electron chi connectivity index (χ2n) is 14.7. The minimum atomic E-state index is -0.317. The summed E-state index contributed by atoms with van der Waals surface area (Å²) in [6, 6.07) is 0.583. The summed E-state index contributed by atoms with van der Waals surface area (Å²) in [5.41, 5.74) is 0. The lowest BCUT2D eigenvalue weighted by Crippen LogP contribution is -2.39. The smallest absolute Gasteiger partial charge is 0.169 e. The molecule has 0 radical (unpaired) electrons. The minimum Gasteiger partial charge on any atom is -0.344 e. The van der Waals surface area contributed by atoms with E-state index in [1.807, 2.05) is 0 Å². The lowest BCUT2D eigenvalue weighted by atomic mass is 9.91. The van der Waals surface area contributed by atoms with Gasteiger partial charge in [0.25, 0.3) is 0 Å². The number of fused-ring (bicyclic) bond motifs is 1. The van der Waals surface area contributed by atoms with Gasteiger partial charge in [0.05, 0.1) is 12.2 Å². The van der Waals surface area contributed by atoms with Crippen LogP contribution in [0.15, 0.2) is 48.6 Å². The molecule has 3 heteroatoms. The quantitative estimate of drug-likeness (QED) is 0.0596. The van der Waals surface area contributed by atoms with Gasteiger partial charge in [0, 0.05) is 18.9 Å². The van der Waals surface area contributed by atoms with Crippen LogP contribution in [-0.2, 0) is 9.47 Å². The summed E-state index contributed by atoms with van der Waals surface area (Å²) in [5.74, 6) is -0.317. The summed E-state index contributed by atoms with van der Waals surface area (Å²) in [6.07, 6.45) is 56.2. The molecular weight excluding hydrogens is 574 g/mol. The molecule has 272 valence electrons. The molecule has 3 unspecified atom stereocenters. The number of rotatable bonds is 31. The molecule has 0 aromatic carbocycles. The van der Waals surface area contributed by atoms with E-state index in [4.69, 9.17) is 9.47 Å². The molecule has 0 amide bonds. The van der Waals surface area contributed by atoms with Crippen molar-refractivity contribution in [2.45, 2.75) is 224 Å². The second-order valence-corrected chi connectivity index (χ2v) is 14.7. The van der Waals surface area contributed by atoms with E-state index in [-0.39, 0.29) is 11.9 Å². The Bertz CT molecular complexity index is 766. The fourth-order valence-corrected chi connectivity index (χ4v) is 7.33. The Hall–Kier alpha value is -1.16. The standard InChI is InChI=1S/C44H79NO2/c1-4-6-8-10-12-14-16-18-20-22-24-26-28-30-32-34-38-44(46-42-37-36-41(45-3)40-43(42)47-44)39-35-33-31-29-27-25-23-21-19-17-15-13-11-9-7-5-2/h12-15,18-21,41-43,45H,4-11,16-17,22-40H2,1-3H3. The summed E-state index contributed by atoms with van der Waals surface area (Å²) >= 11 is 0. The highest BCUT2D eigenvalue weighted by Gasteiger charge is 2.48. The second kappa shape index (κ2) is 29.7. The van der Waals surface area contributed by atoms with Gasteiger partial charge in [0.1, 0.15) is 0 Å². The third-order valence-electron chi connectivity index (χ3n) is 10.4. The van der Waals surface area contributed by atoms with Gasteiger partial charge >= 0.3 is 0 Å². The fourth-order valence-electron chi connectivity index (χ4n) is 7.33. The zero-order chi connectivity index (χ0) is 33.5. The number of hydrogen-bond donors (Lipinski definition) is 1. The van der Waals surface area contributed by atoms with Crippen molar-refractivity contribution in [2.24, 2.45) is 0 Å². The first-order chi connectivity index (χ1) is 23.2. The first-order valence-corrected chi connectivity index (χ1v) is 20.9. The molecule has 3 nitrogen and oxygen atoms in total. The van der Waals surface area contributed by atoms with E-state index in [0.717, 1.165) is 38.5 Å². The maximum absolute atomic E-state index is 6.85. The largest absolute Gasteiger partial charge is 0.344 e. The molecule has 1 saturated carbocycles. The van der Waals surface area contributed by atoms with Gasteiger partial charge in [-0.1, -0.05) is 140 Å².